The van der Waals surface area contributed by atoms with Crippen LogP contribution in [-0.4, -0.2) is 16.5 Å². The third-order valence-electron chi connectivity index (χ3n) is 3.09. The molecule has 0 unspecified atom stereocenters. The molecule has 3 aromatic rings. The second-order valence-corrected chi connectivity index (χ2v) is 4.78. The number of fused-ring (bicyclic) bond motifs is 1. The number of imidazole rings is 1. The van der Waals surface area contributed by atoms with E-state index in [1.165, 1.54) is 5.56 Å². The summed E-state index contributed by atoms with van der Waals surface area (Å²) in [6, 6.07) is 11.8. The van der Waals surface area contributed by atoms with Gasteiger partial charge in [-0.2, -0.15) is 0 Å². The highest BCUT2D eigenvalue weighted by molar-refractivity contribution is 6.30. The van der Waals surface area contributed by atoms with Gasteiger partial charge in [-0.05, 0) is 29.8 Å². The molecule has 96 valence electrons. The van der Waals surface area contributed by atoms with Crippen molar-refractivity contribution in [2.45, 2.75) is 6.42 Å². The van der Waals surface area contributed by atoms with Gasteiger partial charge in [0.1, 0.15) is 11.6 Å². The second kappa shape index (κ2) is 4.94. The van der Waals surface area contributed by atoms with Crippen molar-refractivity contribution in [3.8, 4) is 5.75 Å². The van der Waals surface area contributed by atoms with Crippen molar-refractivity contribution in [1.82, 2.24) is 9.38 Å². The summed E-state index contributed by atoms with van der Waals surface area (Å²) < 4.78 is 7.30. The molecule has 2 aromatic heterocycles. The summed E-state index contributed by atoms with van der Waals surface area (Å²) in [4.78, 5) is 4.46. The number of hydrogen-bond acceptors (Lipinski definition) is 2. The zero-order chi connectivity index (χ0) is 13.2. The summed E-state index contributed by atoms with van der Waals surface area (Å²) >= 11 is 5.89. The second-order valence-electron chi connectivity index (χ2n) is 4.34. The van der Waals surface area contributed by atoms with Crippen LogP contribution in [0.25, 0.3) is 5.52 Å². The fourth-order valence-electron chi connectivity index (χ4n) is 2.06. The Hall–Kier alpha value is -2.00. The molecule has 0 atom stereocenters. The molecule has 0 amide bonds. The molecule has 0 radical (unpaired) electrons. The number of hydrogen-bond donors (Lipinski definition) is 0. The molecule has 0 N–H and O–H groups in total. The lowest BCUT2D eigenvalue weighted by Gasteiger charge is -2.04. The zero-order valence-electron chi connectivity index (χ0n) is 10.5. The van der Waals surface area contributed by atoms with Gasteiger partial charge in [-0.25, -0.2) is 4.98 Å². The first-order chi connectivity index (χ1) is 9.26. The summed E-state index contributed by atoms with van der Waals surface area (Å²) in [7, 11) is 1.66. The maximum Gasteiger partial charge on any atom is 0.135 e. The van der Waals surface area contributed by atoms with Crippen molar-refractivity contribution < 1.29 is 4.74 Å². The lowest BCUT2D eigenvalue weighted by Crippen LogP contribution is -1.97. The molecule has 1 aromatic carbocycles. The largest absolute Gasteiger partial charge is 0.495 e. The molecule has 4 heteroatoms. The Balaban J connectivity index is 1.98. The molecule has 2 heterocycles. The van der Waals surface area contributed by atoms with E-state index in [0.717, 1.165) is 28.5 Å². The predicted molar refractivity (Wildman–Crippen MR) is 76.0 cm³/mol. The first-order valence-electron chi connectivity index (χ1n) is 6.01. The standard InChI is InChI=1S/C15H13ClN2O/c1-19-14-7-6-13-9-17-15(18(13)10-14)8-11-2-4-12(16)5-3-11/h2-7,9-10H,8H2,1H3. The highest BCUT2D eigenvalue weighted by Gasteiger charge is 2.05. The van der Waals surface area contributed by atoms with Gasteiger partial charge in [-0.3, -0.25) is 4.40 Å². The molecule has 0 aliphatic rings. The number of nitrogens with zero attached hydrogens (tertiary/aromatic N) is 2. The van der Waals surface area contributed by atoms with E-state index in [1.807, 2.05) is 53.2 Å². The van der Waals surface area contributed by atoms with Crippen LogP contribution in [0.2, 0.25) is 5.02 Å². The minimum absolute atomic E-state index is 0.749. The smallest absolute Gasteiger partial charge is 0.135 e. The van der Waals surface area contributed by atoms with Gasteiger partial charge >= 0.3 is 0 Å². The minimum Gasteiger partial charge on any atom is -0.495 e. The number of pyridine rings is 1. The normalized spacial score (nSPS) is 10.8. The molecule has 0 spiro atoms. The van der Waals surface area contributed by atoms with Crippen molar-refractivity contribution >= 4 is 17.1 Å². The van der Waals surface area contributed by atoms with Crippen LogP contribution in [0, 0.1) is 0 Å². The zero-order valence-corrected chi connectivity index (χ0v) is 11.3. The summed E-state index contributed by atoms with van der Waals surface area (Å²) in [6.07, 6.45) is 4.58. The minimum atomic E-state index is 0.749. The van der Waals surface area contributed by atoms with Crippen LogP contribution < -0.4 is 4.74 Å². The Morgan fingerprint density at radius 2 is 1.95 bits per heavy atom. The van der Waals surface area contributed by atoms with Crippen molar-refractivity contribution in [3.63, 3.8) is 0 Å². The van der Waals surface area contributed by atoms with Gasteiger partial charge in [0.05, 0.1) is 25.0 Å². The van der Waals surface area contributed by atoms with Crippen molar-refractivity contribution in [2.24, 2.45) is 0 Å². The molecule has 0 bridgehead atoms. The van der Waals surface area contributed by atoms with E-state index in [2.05, 4.69) is 4.98 Å². The van der Waals surface area contributed by atoms with Gasteiger partial charge in [0, 0.05) is 11.4 Å². The predicted octanol–water partition coefficient (Wildman–Crippen LogP) is 3.59. The maximum atomic E-state index is 5.89. The van der Waals surface area contributed by atoms with Gasteiger partial charge in [0.25, 0.3) is 0 Å². The fraction of sp³-hybridized carbons (Fsp3) is 0.133. The van der Waals surface area contributed by atoms with E-state index in [4.69, 9.17) is 16.3 Å². The molecule has 3 nitrogen and oxygen atoms in total. The first kappa shape index (κ1) is 12.1. The molecule has 0 aliphatic heterocycles. The molecule has 19 heavy (non-hydrogen) atoms. The van der Waals surface area contributed by atoms with E-state index in [-0.39, 0.29) is 0 Å². The Labute approximate surface area is 116 Å². The van der Waals surface area contributed by atoms with Crippen LogP contribution in [0.1, 0.15) is 11.4 Å². The van der Waals surface area contributed by atoms with E-state index >= 15 is 0 Å². The van der Waals surface area contributed by atoms with E-state index in [9.17, 15) is 0 Å². The topological polar surface area (TPSA) is 26.5 Å². The molecule has 0 fully saturated rings. The van der Waals surface area contributed by atoms with Crippen molar-refractivity contribution in [1.29, 1.82) is 0 Å². The number of rotatable bonds is 3. The lowest BCUT2D eigenvalue weighted by atomic mass is 10.1. The highest BCUT2D eigenvalue weighted by Crippen LogP contribution is 2.17. The van der Waals surface area contributed by atoms with Crippen LogP contribution in [-0.2, 0) is 6.42 Å². The third-order valence-corrected chi connectivity index (χ3v) is 3.34. The number of methoxy groups -OCH3 is 1. The monoisotopic (exact) mass is 272 g/mol. The van der Waals surface area contributed by atoms with Crippen LogP contribution in [0.5, 0.6) is 5.75 Å². The van der Waals surface area contributed by atoms with Gasteiger partial charge < -0.3 is 4.74 Å². The highest BCUT2D eigenvalue weighted by atomic mass is 35.5. The van der Waals surface area contributed by atoms with Gasteiger partial charge in [0.15, 0.2) is 0 Å². The SMILES string of the molecule is COc1ccc2cnc(Cc3ccc(Cl)cc3)n2c1. The Morgan fingerprint density at radius 3 is 2.68 bits per heavy atom. The molecular weight excluding hydrogens is 260 g/mol. The quantitative estimate of drug-likeness (QED) is 0.728. The fourth-order valence-corrected chi connectivity index (χ4v) is 2.19. The molecular formula is C15H13ClN2O. The average molecular weight is 273 g/mol. The third kappa shape index (κ3) is 2.42. The molecule has 0 saturated carbocycles. The van der Waals surface area contributed by atoms with Gasteiger partial charge in [-0.15, -0.1) is 0 Å². The van der Waals surface area contributed by atoms with E-state index in [0.29, 0.717) is 0 Å². The Morgan fingerprint density at radius 1 is 1.16 bits per heavy atom. The van der Waals surface area contributed by atoms with Crippen molar-refractivity contribution in [2.75, 3.05) is 7.11 Å². The van der Waals surface area contributed by atoms with Crippen molar-refractivity contribution in [3.05, 3.63) is 65.2 Å². The van der Waals surface area contributed by atoms with E-state index in [1.54, 1.807) is 7.11 Å². The Bertz CT molecular complexity index is 704. The summed E-state index contributed by atoms with van der Waals surface area (Å²) in [5.74, 6) is 1.80. The molecule has 3 rings (SSSR count). The number of ether oxygens (including phenoxy) is 1. The Kier molecular flexibility index (Phi) is 3.13. The number of halogens is 1. The summed E-state index contributed by atoms with van der Waals surface area (Å²) in [6.45, 7) is 0. The van der Waals surface area contributed by atoms with Crippen LogP contribution >= 0.6 is 11.6 Å². The first-order valence-corrected chi connectivity index (χ1v) is 6.38. The number of benzene rings is 1. The van der Waals surface area contributed by atoms with Gasteiger partial charge in [0.2, 0.25) is 0 Å². The summed E-state index contributed by atoms with van der Waals surface area (Å²) in [5, 5.41) is 0.749. The maximum absolute atomic E-state index is 5.89. The van der Waals surface area contributed by atoms with Crippen LogP contribution in [0.3, 0.4) is 0 Å². The lowest BCUT2D eigenvalue weighted by molar-refractivity contribution is 0.412. The summed E-state index contributed by atoms with van der Waals surface area (Å²) in [5.41, 5.74) is 2.24. The average Bonchev–Trinajstić information content (AvgIpc) is 2.84. The van der Waals surface area contributed by atoms with E-state index < -0.39 is 0 Å². The van der Waals surface area contributed by atoms with Crippen LogP contribution in [0.15, 0.2) is 48.8 Å². The molecule has 0 saturated heterocycles. The van der Waals surface area contributed by atoms with Gasteiger partial charge in [-0.1, -0.05) is 23.7 Å². The number of aromatic nitrogens is 2. The molecule has 0 aliphatic carbocycles. The van der Waals surface area contributed by atoms with Crippen LogP contribution in [0.4, 0.5) is 0 Å².